The first kappa shape index (κ1) is 27.5. The van der Waals surface area contributed by atoms with Gasteiger partial charge in [-0.25, -0.2) is 4.98 Å². The summed E-state index contributed by atoms with van der Waals surface area (Å²) in [4.78, 5) is 28.6. The molecule has 0 radical (unpaired) electrons. The predicted octanol–water partition coefficient (Wildman–Crippen LogP) is 2.13. The highest BCUT2D eigenvalue weighted by molar-refractivity contribution is 5.84. The number of rotatable bonds is 10. The second kappa shape index (κ2) is 11.5. The molecular formula is C26H44N8O3. The Labute approximate surface area is 219 Å². The molecule has 2 aromatic rings. The summed E-state index contributed by atoms with van der Waals surface area (Å²) in [7, 11) is 0. The third-order valence-corrected chi connectivity index (χ3v) is 7.67. The van der Waals surface area contributed by atoms with E-state index < -0.39 is 24.3 Å². The summed E-state index contributed by atoms with van der Waals surface area (Å²) >= 11 is 0. The van der Waals surface area contributed by atoms with Crippen LogP contribution in [0.15, 0.2) is 6.33 Å². The third-order valence-electron chi connectivity index (χ3n) is 7.67. The Bertz CT molecular complexity index is 1070. The number of carbonyl (C=O) groups excluding carboxylic acids is 1. The van der Waals surface area contributed by atoms with Crippen LogP contribution in [0.5, 0.6) is 0 Å². The molecule has 11 heteroatoms. The Morgan fingerprint density at radius 3 is 2.65 bits per heavy atom. The summed E-state index contributed by atoms with van der Waals surface area (Å²) in [5, 5.41) is 31.3. The van der Waals surface area contributed by atoms with Gasteiger partial charge in [-0.3, -0.25) is 9.69 Å². The van der Waals surface area contributed by atoms with Crippen molar-refractivity contribution in [2.75, 3.05) is 36.8 Å². The Morgan fingerprint density at radius 2 is 1.95 bits per heavy atom. The summed E-state index contributed by atoms with van der Waals surface area (Å²) in [5.74, 6) is 1.01. The van der Waals surface area contributed by atoms with E-state index in [-0.39, 0.29) is 11.3 Å². The normalized spacial score (nSPS) is 26.6. The number of likely N-dealkylation sites (tertiary alicyclic amines) is 1. The largest absolute Gasteiger partial charge is 0.388 e. The van der Waals surface area contributed by atoms with E-state index in [9.17, 15) is 15.0 Å². The summed E-state index contributed by atoms with van der Waals surface area (Å²) < 4.78 is 1.82. The lowest BCUT2D eigenvalue weighted by Crippen LogP contribution is -2.42. The van der Waals surface area contributed by atoms with Crippen molar-refractivity contribution in [3.05, 3.63) is 6.33 Å². The van der Waals surface area contributed by atoms with Gasteiger partial charge in [-0.15, -0.1) is 0 Å². The highest BCUT2D eigenvalue weighted by atomic mass is 16.3. The van der Waals surface area contributed by atoms with Crippen LogP contribution in [-0.4, -0.2) is 91.0 Å². The molecule has 206 valence electrons. The number of fused-ring (bicyclic) bond motifs is 1. The minimum Gasteiger partial charge on any atom is -0.388 e. The molecule has 2 aliphatic rings. The van der Waals surface area contributed by atoms with E-state index in [2.05, 4.69) is 53.5 Å². The number of nitrogens with one attached hydrogen (secondary N) is 3. The minimum atomic E-state index is -1.07. The zero-order valence-electron chi connectivity index (χ0n) is 22.9. The maximum absolute atomic E-state index is 11.9. The number of anilines is 2. The number of aromatic nitrogens is 4. The lowest BCUT2D eigenvalue weighted by molar-refractivity contribution is -0.122. The smallest absolute Gasteiger partial charge is 0.226 e. The van der Waals surface area contributed by atoms with Gasteiger partial charge in [0.05, 0.1) is 18.4 Å². The number of aliphatic hydroxyl groups excluding tert-OH is 2. The molecule has 37 heavy (non-hydrogen) atoms. The van der Waals surface area contributed by atoms with Crippen molar-refractivity contribution in [2.45, 2.75) is 97.1 Å². The molecule has 1 saturated carbocycles. The SMILES string of the molecule is CCC(=O)N[C@H]1CC(n2cnc3c(NCCC(C)(C)C)nc(NC[C@H]4CCCN4CC)nc32)[C@H](O)[C@@H]1O. The average molecular weight is 517 g/mol. The minimum absolute atomic E-state index is 0.153. The molecule has 1 unspecified atom stereocenters. The van der Waals surface area contributed by atoms with E-state index in [1.807, 2.05) is 4.57 Å². The average Bonchev–Trinajstić information content (AvgIpc) is 3.56. The van der Waals surface area contributed by atoms with Gasteiger partial charge in [0, 0.05) is 25.6 Å². The number of amides is 1. The third kappa shape index (κ3) is 6.32. The van der Waals surface area contributed by atoms with E-state index in [0.29, 0.717) is 41.8 Å². The molecule has 3 heterocycles. The molecule has 4 rings (SSSR count). The van der Waals surface area contributed by atoms with Gasteiger partial charge < -0.3 is 30.7 Å². The first-order chi connectivity index (χ1) is 17.6. The lowest BCUT2D eigenvalue weighted by Gasteiger charge is -2.23. The summed E-state index contributed by atoms with van der Waals surface area (Å²) in [6, 6.07) is -0.560. The monoisotopic (exact) mass is 516 g/mol. The Balaban J connectivity index is 1.61. The molecule has 5 atom stereocenters. The highest BCUT2D eigenvalue weighted by Gasteiger charge is 2.43. The maximum Gasteiger partial charge on any atom is 0.226 e. The fourth-order valence-electron chi connectivity index (χ4n) is 5.41. The van der Waals surface area contributed by atoms with Crippen molar-refractivity contribution < 1.29 is 15.0 Å². The molecule has 2 aromatic heterocycles. The van der Waals surface area contributed by atoms with Crippen molar-refractivity contribution in [1.82, 2.24) is 29.7 Å². The molecule has 1 saturated heterocycles. The Morgan fingerprint density at radius 1 is 1.16 bits per heavy atom. The number of carbonyl (C=O) groups is 1. The summed E-state index contributed by atoms with van der Waals surface area (Å²) in [6.07, 6.45) is 3.54. The van der Waals surface area contributed by atoms with Crippen LogP contribution in [0.4, 0.5) is 11.8 Å². The van der Waals surface area contributed by atoms with Crippen LogP contribution in [0.2, 0.25) is 0 Å². The Hall–Kier alpha value is -2.50. The number of nitrogens with zero attached hydrogens (tertiary/aromatic N) is 5. The van der Waals surface area contributed by atoms with Crippen LogP contribution >= 0.6 is 0 Å². The fourth-order valence-corrected chi connectivity index (χ4v) is 5.41. The number of hydrogen-bond acceptors (Lipinski definition) is 9. The topological polar surface area (TPSA) is 140 Å². The van der Waals surface area contributed by atoms with E-state index in [1.54, 1.807) is 13.3 Å². The molecule has 0 spiro atoms. The molecule has 0 bridgehead atoms. The van der Waals surface area contributed by atoms with Crippen molar-refractivity contribution in [3.8, 4) is 0 Å². The summed E-state index contributed by atoms with van der Waals surface area (Å²) in [5.41, 5.74) is 1.39. The van der Waals surface area contributed by atoms with Gasteiger partial charge >= 0.3 is 0 Å². The van der Waals surface area contributed by atoms with Gasteiger partial charge in [0.15, 0.2) is 17.0 Å². The molecule has 2 fully saturated rings. The first-order valence-electron chi connectivity index (χ1n) is 13.7. The van der Waals surface area contributed by atoms with Crippen LogP contribution in [-0.2, 0) is 4.79 Å². The molecule has 0 aromatic carbocycles. The zero-order valence-corrected chi connectivity index (χ0v) is 22.9. The van der Waals surface area contributed by atoms with Crippen molar-refractivity contribution >= 4 is 28.8 Å². The number of aliphatic hydroxyl groups is 2. The fraction of sp³-hybridized carbons (Fsp3) is 0.769. The predicted molar refractivity (Wildman–Crippen MR) is 145 cm³/mol. The maximum atomic E-state index is 11.9. The number of hydrogen-bond donors (Lipinski definition) is 5. The zero-order chi connectivity index (χ0) is 26.7. The molecule has 1 aliphatic carbocycles. The van der Waals surface area contributed by atoms with Crippen LogP contribution in [0.25, 0.3) is 11.2 Å². The Kier molecular flexibility index (Phi) is 8.55. The second-order valence-corrected chi connectivity index (χ2v) is 11.6. The van der Waals surface area contributed by atoms with Gasteiger partial charge in [0.1, 0.15) is 12.2 Å². The van der Waals surface area contributed by atoms with Gasteiger partial charge in [-0.2, -0.15) is 9.97 Å². The van der Waals surface area contributed by atoms with E-state index in [1.165, 1.54) is 6.42 Å². The van der Waals surface area contributed by atoms with Crippen LogP contribution in [0, 0.1) is 5.41 Å². The number of likely N-dealkylation sites (N-methyl/N-ethyl adjacent to an activating group) is 1. The van der Waals surface area contributed by atoms with Crippen molar-refractivity contribution in [2.24, 2.45) is 5.41 Å². The quantitative estimate of drug-likeness (QED) is 0.321. The molecule has 11 nitrogen and oxygen atoms in total. The first-order valence-corrected chi connectivity index (χ1v) is 13.7. The van der Waals surface area contributed by atoms with Crippen LogP contribution in [0.1, 0.15) is 72.8 Å². The van der Waals surface area contributed by atoms with Gasteiger partial charge in [0.25, 0.3) is 0 Å². The van der Waals surface area contributed by atoms with Gasteiger partial charge in [0.2, 0.25) is 11.9 Å². The molecule has 1 amide bonds. The molecule has 1 aliphatic heterocycles. The van der Waals surface area contributed by atoms with Crippen LogP contribution in [0.3, 0.4) is 0 Å². The van der Waals surface area contributed by atoms with E-state index >= 15 is 0 Å². The summed E-state index contributed by atoms with van der Waals surface area (Å²) in [6.45, 7) is 14.2. The number of imidazole rings is 1. The van der Waals surface area contributed by atoms with E-state index in [0.717, 1.165) is 39.0 Å². The standard InChI is InChI=1S/C26H44N8O3/c1-6-19(35)30-17-13-18(22(37)21(17)36)34-15-29-20-23(27-11-10-26(3,4)5)31-25(32-24(20)34)28-14-16-9-8-12-33(16)7-2/h15-18,21-22,36-37H,6-14H2,1-5H3,(H,30,35)(H2,27,28,31,32)/t16-,17+,18?,21-,22+/m1/s1. The van der Waals surface area contributed by atoms with Crippen molar-refractivity contribution in [1.29, 1.82) is 0 Å². The highest BCUT2D eigenvalue weighted by Crippen LogP contribution is 2.34. The molecule has 5 N–H and O–H groups in total. The van der Waals surface area contributed by atoms with Crippen LogP contribution < -0.4 is 16.0 Å². The second-order valence-electron chi connectivity index (χ2n) is 11.6. The molecular weight excluding hydrogens is 472 g/mol. The van der Waals surface area contributed by atoms with E-state index in [4.69, 9.17) is 9.97 Å². The van der Waals surface area contributed by atoms with Gasteiger partial charge in [-0.05, 0) is 44.2 Å². The van der Waals surface area contributed by atoms with Gasteiger partial charge in [-0.1, -0.05) is 34.6 Å². The lowest BCUT2D eigenvalue weighted by atomic mass is 9.92. The van der Waals surface area contributed by atoms with Crippen molar-refractivity contribution in [3.63, 3.8) is 0 Å².